The van der Waals surface area contributed by atoms with E-state index in [-0.39, 0.29) is 10.7 Å². The molecule has 0 aliphatic carbocycles. The van der Waals surface area contributed by atoms with E-state index in [2.05, 4.69) is 14.9 Å². The number of sulfonamides is 1. The molecule has 8 nitrogen and oxygen atoms in total. The van der Waals surface area contributed by atoms with E-state index in [0.29, 0.717) is 13.1 Å². The van der Waals surface area contributed by atoms with Crippen molar-refractivity contribution >= 4 is 15.8 Å². The fourth-order valence-electron chi connectivity index (χ4n) is 1.40. The summed E-state index contributed by atoms with van der Waals surface area (Å²) in [6, 6.07) is 1.57. The van der Waals surface area contributed by atoms with Gasteiger partial charge in [0.1, 0.15) is 4.90 Å². The Morgan fingerprint density at radius 3 is 2.89 bits per heavy atom. The first-order valence-electron chi connectivity index (χ1n) is 5.26. The molecule has 0 spiro atoms. The molecule has 98 valence electrons. The van der Waals surface area contributed by atoms with Gasteiger partial charge in [-0.1, -0.05) is 0 Å². The number of hydrogen-bond acceptors (Lipinski definition) is 5. The molecule has 3 N–H and O–H groups in total. The summed E-state index contributed by atoms with van der Waals surface area (Å²) < 4.78 is 29.3. The van der Waals surface area contributed by atoms with Crippen molar-refractivity contribution in [2.24, 2.45) is 12.8 Å². The predicted molar refractivity (Wildman–Crippen MR) is 65.3 cm³/mol. The molecule has 2 aromatic rings. The van der Waals surface area contributed by atoms with Crippen LogP contribution in [0.25, 0.3) is 0 Å². The van der Waals surface area contributed by atoms with Gasteiger partial charge in [0.2, 0.25) is 0 Å². The summed E-state index contributed by atoms with van der Waals surface area (Å²) >= 11 is 0. The van der Waals surface area contributed by atoms with Gasteiger partial charge < -0.3 is 5.73 Å². The number of rotatable bonds is 5. The van der Waals surface area contributed by atoms with E-state index >= 15 is 0 Å². The van der Waals surface area contributed by atoms with Crippen molar-refractivity contribution in [2.45, 2.75) is 11.4 Å². The molecule has 0 unspecified atom stereocenters. The number of aromatic nitrogens is 4. The van der Waals surface area contributed by atoms with Crippen molar-refractivity contribution in [3.8, 4) is 0 Å². The number of nitrogens with zero attached hydrogens (tertiary/aromatic N) is 4. The minimum absolute atomic E-state index is 0.0848. The third-order valence-corrected chi connectivity index (χ3v) is 3.54. The molecule has 2 aromatic heterocycles. The van der Waals surface area contributed by atoms with Gasteiger partial charge in [0.25, 0.3) is 10.0 Å². The van der Waals surface area contributed by atoms with Crippen molar-refractivity contribution in [2.75, 3.05) is 11.3 Å². The molecular formula is C9H14N6O2S. The van der Waals surface area contributed by atoms with Crippen LogP contribution in [-0.2, 0) is 23.6 Å². The Labute approximate surface area is 104 Å². The monoisotopic (exact) mass is 270 g/mol. The largest absolute Gasteiger partial charge is 0.329 e. The van der Waals surface area contributed by atoms with E-state index in [9.17, 15) is 8.42 Å². The number of aryl methyl sites for hydroxylation is 1. The summed E-state index contributed by atoms with van der Waals surface area (Å²) in [6.45, 7) is 0.869. The maximum absolute atomic E-state index is 12.0. The molecule has 0 radical (unpaired) electrons. The summed E-state index contributed by atoms with van der Waals surface area (Å²) in [7, 11) is -1.94. The normalized spacial score (nSPS) is 11.7. The van der Waals surface area contributed by atoms with Crippen LogP contribution < -0.4 is 10.5 Å². The molecular weight excluding hydrogens is 256 g/mol. The molecule has 0 aliphatic heterocycles. The van der Waals surface area contributed by atoms with Crippen LogP contribution in [-0.4, -0.2) is 34.5 Å². The van der Waals surface area contributed by atoms with Gasteiger partial charge >= 0.3 is 0 Å². The summed E-state index contributed by atoms with van der Waals surface area (Å²) in [6.07, 6.45) is 4.36. The van der Waals surface area contributed by atoms with Crippen LogP contribution in [0.4, 0.5) is 5.82 Å². The number of nitrogens with one attached hydrogen (secondary N) is 1. The molecule has 0 aromatic carbocycles. The van der Waals surface area contributed by atoms with E-state index < -0.39 is 10.0 Å². The lowest BCUT2D eigenvalue weighted by molar-refractivity contribution is 0.599. The van der Waals surface area contributed by atoms with Crippen molar-refractivity contribution < 1.29 is 8.42 Å². The third kappa shape index (κ3) is 2.68. The first-order valence-corrected chi connectivity index (χ1v) is 6.74. The smallest absolute Gasteiger partial charge is 0.266 e. The highest BCUT2D eigenvalue weighted by Gasteiger charge is 2.17. The fourth-order valence-corrected chi connectivity index (χ4v) is 2.35. The second kappa shape index (κ2) is 4.78. The minimum Gasteiger partial charge on any atom is -0.329 e. The molecule has 9 heteroatoms. The van der Waals surface area contributed by atoms with Crippen molar-refractivity contribution in [1.82, 2.24) is 19.6 Å². The molecule has 0 amide bonds. The Hall–Kier alpha value is -1.87. The van der Waals surface area contributed by atoms with Gasteiger partial charge in [-0.2, -0.15) is 10.2 Å². The highest BCUT2D eigenvalue weighted by Crippen LogP contribution is 2.13. The van der Waals surface area contributed by atoms with Crippen LogP contribution in [0, 0.1) is 0 Å². The Kier molecular flexibility index (Phi) is 3.34. The van der Waals surface area contributed by atoms with Crippen LogP contribution in [0.3, 0.4) is 0 Å². The number of nitrogens with two attached hydrogens (primary N) is 1. The second-order valence-corrected chi connectivity index (χ2v) is 5.39. The molecule has 0 saturated heterocycles. The van der Waals surface area contributed by atoms with Crippen molar-refractivity contribution in [1.29, 1.82) is 0 Å². The lowest BCUT2D eigenvalue weighted by atomic mass is 10.6. The zero-order valence-electron chi connectivity index (χ0n) is 9.81. The highest BCUT2D eigenvalue weighted by atomic mass is 32.2. The van der Waals surface area contributed by atoms with Crippen LogP contribution in [0.2, 0.25) is 0 Å². The second-order valence-electron chi connectivity index (χ2n) is 3.71. The van der Waals surface area contributed by atoms with Crippen LogP contribution in [0.5, 0.6) is 0 Å². The maximum Gasteiger partial charge on any atom is 0.266 e. The van der Waals surface area contributed by atoms with Gasteiger partial charge in [0.15, 0.2) is 5.82 Å². The van der Waals surface area contributed by atoms with Gasteiger partial charge in [0, 0.05) is 32.1 Å². The Morgan fingerprint density at radius 2 is 2.28 bits per heavy atom. The minimum atomic E-state index is -3.65. The fraction of sp³-hybridized carbons (Fsp3) is 0.333. The molecule has 0 atom stereocenters. The van der Waals surface area contributed by atoms with Gasteiger partial charge in [-0.05, 0) is 0 Å². The average molecular weight is 270 g/mol. The first-order chi connectivity index (χ1) is 8.51. The molecule has 2 rings (SSSR count). The molecule has 0 bridgehead atoms. The van der Waals surface area contributed by atoms with Crippen LogP contribution in [0.1, 0.15) is 0 Å². The molecule has 0 fully saturated rings. The molecule has 0 aliphatic rings. The van der Waals surface area contributed by atoms with Gasteiger partial charge in [-0.3, -0.25) is 14.1 Å². The van der Waals surface area contributed by atoms with E-state index in [4.69, 9.17) is 5.73 Å². The SMILES string of the molecule is Cn1ccc(NS(=O)(=O)c2cnn(CCN)c2)n1. The topological polar surface area (TPSA) is 108 Å². The molecule has 0 saturated carbocycles. The summed E-state index contributed by atoms with van der Waals surface area (Å²) in [5, 5.41) is 7.85. The summed E-state index contributed by atoms with van der Waals surface area (Å²) in [5.41, 5.74) is 5.37. The molecule has 18 heavy (non-hydrogen) atoms. The predicted octanol–water partition coefficient (Wildman–Crippen LogP) is -0.624. The summed E-state index contributed by atoms with van der Waals surface area (Å²) in [4.78, 5) is 0.0848. The van der Waals surface area contributed by atoms with E-state index in [0.717, 1.165) is 0 Å². The highest BCUT2D eigenvalue weighted by molar-refractivity contribution is 7.92. The van der Waals surface area contributed by atoms with Gasteiger partial charge in [-0.25, -0.2) is 8.42 Å². The van der Waals surface area contributed by atoms with Crippen LogP contribution >= 0.6 is 0 Å². The first kappa shape index (κ1) is 12.6. The van der Waals surface area contributed by atoms with E-state index in [1.165, 1.54) is 21.8 Å². The van der Waals surface area contributed by atoms with E-state index in [1.54, 1.807) is 19.3 Å². The Morgan fingerprint density at radius 1 is 1.50 bits per heavy atom. The Bertz CT molecular complexity index is 629. The van der Waals surface area contributed by atoms with Crippen molar-refractivity contribution in [3.05, 3.63) is 24.7 Å². The number of anilines is 1. The summed E-state index contributed by atoms with van der Waals surface area (Å²) in [5.74, 6) is 0.268. The van der Waals surface area contributed by atoms with Crippen LogP contribution in [0.15, 0.2) is 29.6 Å². The lowest BCUT2D eigenvalue weighted by Crippen LogP contribution is -2.13. The number of hydrogen-bond donors (Lipinski definition) is 2. The quantitative estimate of drug-likeness (QED) is 0.752. The van der Waals surface area contributed by atoms with Gasteiger partial charge in [-0.15, -0.1) is 0 Å². The average Bonchev–Trinajstić information content (AvgIpc) is 2.88. The lowest BCUT2D eigenvalue weighted by Gasteiger charge is -2.02. The zero-order chi connectivity index (χ0) is 13.2. The zero-order valence-corrected chi connectivity index (χ0v) is 10.6. The van der Waals surface area contributed by atoms with E-state index in [1.807, 2.05) is 0 Å². The third-order valence-electron chi connectivity index (χ3n) is 2.23. The van der Waals surface area contributed by atoms with Gasteiger partial charge in [0.05, 0.1) is 12.7 Å². The molecule has 2 heterocycles. The maximum atomic E-state index is 12.0. The Balaban J connectivity index is 2.19. The standard InChI is InChI=1S/C9H14N6O2S/c1-14-4-2-9(12-14)13-18(16,17)8-6-11-15(7-8)5-3-10/h2,4,6-7H,3,5,10H2,1H3,(H,12,13). The van der Waals surface area contributed by atoms with Crippen molar-refractivity contribution in [3.63, 3.8) is 0 Å².